The van der Waals surface area contributed by atoms with Gasteiger partial charge in [0.05, 0.1) is 18.1 Å². The monoisotopic (exact) mass is 408 g/mol. The van der Waals surface area contributed by atoms with E-state index in [1.54, 1.807) is 16.7 Å². The lowest BCUT2D eigenvalue weighted by molar-refractivity contribution is -0.114. The van der Waals surface area contributed by atoms with Gasteiger partial charge in [0, 0.05) is 31.8 Å². The zero-order chi connectivity index (χ0) is 21.1. The summed E-state index contributed by atoms with van der Waals surface area (Å²) in [6.07, 6.45) is 7.47. The highest BCUT2D eigenvalue weighted by atomic mass is 16.2. The highest BCUT2D eigenvalue weighted by Crippen LogP contribution is 2.20. The number of anilines is 2. The Balaban J connectivity index is 1.51. The van der Waals surface area contributed by atoms with E-state index in [0.717, 1.165) is 25.2 Å². The van der Waals surface area contributed by atoms with Crippen molar-refractivity contribution in [2.75, 3.05) is 37.2 Å². The number of amides is 2. The second kappa shape index (κ2) is 8.46. The number of carbonyl (C=O) groups excluding carboxylic acids is 2. The smallest absolute Gasteiger partial charge is 0.273 e. The maximum absolute atomic E-state index is 12.6. The highest BCUT2D eigenvalue weighted by Gasteiger charge is 2.16. The van der Waals surface area contributed by atoms with Crippen LogP contribution in [-0.2, 0) is 4.79 Å². The van der Waals surface area contributed by atoms with Crippen molar-refractivity contribution in [2.24, 2.45) is 0 Å². The van der Waals surface area contributed by atoms with Crippen LogP contribution in [0.25, 0.3) is 16.9 Å². The van der Waals surface area contributed by atoms with Crippen LogP contribution in [0.15, 0.2) is 30.7 Å². The van der Waals surface area contributed by atoms with Crippen LogP contribution in [0.5, 0.6) is 0 Å². The van der Waals surface area contributed by atoms with E-state index in [1.165, 1.54) is 26.0 Å². The van der Waals surface area contributed by atoms with E-state index in [4.69, 9.17) is 5.73 Å². The van der Waals surface area contributed by atoms with Crippen LogP contribution in [-0.4, -0.2) is 62.2 Å². The van der Waals surface area contributed by atoms with Crippen LogP contribution in [0.4, 0.5) is 11.6 Å². The Labute approximate surface area is 173 Å². The van der Waals surface area contributed by atoms with E-state index in [1.807, 2.05) is 12.3 Å². The van der Waals surface area contributed by atoms with Crippen LogP contribution in [0, 0.1) is 0 Å². The van der Waals surface area contributed by atoms with Gasteiger partial charge in [-0.25, -0.2) is 15.0 Å². The number of hydrogen-bond donors (Lipinski definition) is 3. The van der Waals surface area contributed by atoms with Crippen molar-refractivity contribution in [1.82, 2.24) is 29.6 Å². The molecule has 4 N–H and O–H groups in total. The molecule has 0 bridgehead atoms. The predicted molar refractivity (Wildman–Crippen MR) is 113 cm³/mol. The number of aromatic nitrogens is 4. The first-order chi connectivity index (χ1) is 14.5. The van der Waals surface area contributed by atoms with Gasteiger partial charge in [0.1, 0.15) is 5.65 Å². The minimum absolute atomic E-state index is 0.0917. The van der Waals surface area contributed by atoms with Gasteiger partial charge >= 0.3 is 0 Å². The molecule has 1 fully saturated rings. The number of rotatable bonds is 6. The molecular weight excluding hydrogens is 384 g/mol. The molecule has 10 heteroatoms. The van der Waals surface area contributed by atoms with Gasteiger partial charge in [-0.3, -0.25) is 9.59 Å². The third kappa shape index (κ3) is 4.38. The molecule has 1 aliphatic rings. The zero-order valence-corrected chi connectivity index (χ0v) is 16.8. The van der Waals surface area contributed by atoms with Gasteiger partial charge in [0.25, 0.3) is 5.91 Å². The molecule has 0 aromatic carbocycles. The fourth-order valence-corrected chi connectivity index (χ4v) is 3.51. The van der Waals surface area contributed by atoms with Gasteiger partial charge in [0.2, 0.25) is 5.91 Å². The molecule has 0 saturated carbocycles. The van der Waals surface area contributed by atoms with Crippen LogP contribution < -0.4 is 16.4 Å². The quantitative estimate of drug-likeness (QED) is 0.558. The third-order valence-electron chi connectivity index (χ3n) is 4.98. The molecule has 1 saturated heterocycles. The SMILES string of the molecule is CC(=O)Nc1cn2cc(-c3cnc(N)c(C(=O)NCCN4CCCC4)n3)ccc2n1. The average molecular weight is 408 g/mol. The van der Waals surface area contributed by atoms with Crippen LogP contribution >= 0.6 is 0 Å². The van der Waals surface area contributed by atoms with Gasteiger partial charge in [-0.2, -0.15) is 0 Å². The minimum Gasteiger partial charge on any atom is -0.382 e. The van der Waals surface area contributed by atoms with E-state index < -0.39 is 0 Å². The number of nitrogens with zero attached hydrogens (tertiary/aromatic N) is 5. The lowest BCUT2D eigenvalue weighted by Crippen LogP contribution is -2.34. The van der Waals surface area contributed by atoms with E-state index in [2.05, 4.69) is 30.5 Å². The first-order valence-electron chi connectivity index (χ1n) is 9.89. The Morgan fingerprint density at radius 1 is 1.17 bits per heavy atom. The number of likely N-dealkylation sites (tertiary alicyclic amines) is 1. The Morgan fingerprint density at radius 3 is 2.73 bits per heavy atom. The number of imidazole rings is 1. The summed E-state index contributed by atoms with van der Waals surface area (Å²) in [5, 5.41) is 5.53. The number of pyridine rings is 1. The fourth-order valence-electron chi connectivity index (χ4n) is 3.51. The van der Waals surface area contributed by atoms with Crippen molar-refractivity contribution in [3.05, 3.63) is 36.4 Å². The Hall–Kier alpha value is -3.53. The van der Waals surface area contributed by atoms with Crippen molar-refractivity contribution in [3.63, 3.8) is 0 Å². The third-order valence-corrected chi connectivity index (χ3v) is 4.98. The van der Waals surface area contributed by atoms with E-state index >= 15 is 0 Å². The summed E-state index contributed by atoms with van der Waals surface area (Å²) in [4.78, 5) is 39.0. The zero-order valence-electron chi connectivity index (χ0n) is 16.8. The van der Waals surface area contributed by atoms with Gasteiger partial charge in [-0.1, -0.05) is 0 Å². The molecule has 3 aromatic heterocycles. The predicted octanol–water partition coefficient (Wildman–Crippen LogP) is 1.16. The van der Waals surface area contributed by atoms with E-state index in [0.29, 0.717) is 23.7 Å². The second-order valence-electron chi connectivity index (χ2n) is 7.28. The van der Waals surface area contributed by atoms with Crippen LogP contribution in [0.1, 0.15) is 30.3 Å². The molecule has 0 unspecified atom stereocenters. The Morgan fingerprint density at radius 2 is 1.97 bits per heavy atom. The van der Waals surface area contributed by atoms with E-state index in [9.17, 15) is 9.59 Å². The molecule has 4 heterocycles. The molecule has 30 heavy (non-hydrogen) atoms. The second-order valence-corrected chi connectivity index (χ2v) is 7.28. The topological polar surface area (TPSA) is 131 Å². The summed E-state index contributed by atoms with van der Waals surface area (Å²) in [6.45, 7) is 4.93. The fraction of sp³-hybridized carbons (Fsp3) is 0.350. The number of carbonyl (C=O) groups is 2. The molecule has 0 aliphatic carbocycles. The van der Waals surface area contributed by atoms with Gasteiger partial charge in [0.15, 0.2) is 17.3 Å². The Bertz CT molecular complexity index is 1090. The van der Waals surface area contributed by atoms with Gasteiger partial charge < -0.3 is 25.7 Å². The van der Waals surface area contributed by atoms with Crippen molar-refractivity contribution in [2.45, 2.75) is 19.8 Å². The molecule has 0 spiro atoms. The first kappa shape index (κ1) is 19.8. The summed E-state index contributed by atoms with van der Waals surface area (Å²) in [5.41, 5.74) is 7.95. The van der Waals surface area contributed by atoms with Crippen molar-refractivity contribution >= 4 is 29.1 Å². The maximum atomic E-state index is 12.6. The van der Waals surface area contributed by atoms with Crippen molar-refractivity contribution < 1.29 is 9.59 Å². The minimum atomic E-state index is -0.335. The lowest BCUT2D eigenvalue weighted by atomic mass is 10.2. The molecule has 2 amide bonds. The molecule has 10 nitrogen and oxygen atoms in total. The first-order valence-corrected chi connectivity index (χ1v) is 9.89. The average Bonchev–Trinajstić information content (AvgIpc) is 3.36. The largest absolute Gasteiger partial charge is 0.382 e. The molecule has 3 aromatic rings. The standard InChI is InChI=1S/C20H24N8O2/c1-13(29)24-16-12-28-11-14(4-5-17(28)26-16)15-10-23-19(21)18(25-15)20(30)22-6-9-27-7-2-3-8-27/h4-5,10-12H,2-3,6-9H2,1H3,(H2,21,23)(H,22,30)(H,24,29). The maximum Gasteiger partial charge on any atom is 0.273 e. The molecule has 0 radical (unpaired) electrons. The molecular formula is C20H24N8O2. The summed E-state index contributed by atoms with van der Waals surface area (Å²) >= 11 is 0. The summed E-state index contributed by atoms with van der Waals surface area (Å²) < 4.78 is 1.77. The highest BCUT2D eigenvalue weighted by molar-refractivity contribution is 5.96. The van der Waals surface area contributed by atoms with Crippen molar-refractivity contribution in [1.29, 1.82) is 0 Å². The number of fused-ring (bicyclic) bond motifs is 1. The summed E-state index contributed by atoms with van der Waals surface area (Å²) in [7, 11) is 0. The summed E-state index contributed by atoms with van der Waals surface area (Å²) in [6, 6.07) is 3.63. The van der Waals surface area contributed by atoms with Crippen molar-refractivity contribution in [3.8, 4) is 11.3 Å². The lowest BCUT2D eigenvalue weighted by Gasteiger charge is -2.15. The van der Waals surface area contributed by atoms with E-state index in [-0.39, 0.29) is 23.3 Å². The molecule has 0 atom stereocenters. The van der Waals surface area contributed by atoms with Gasteiger partial charge in [-0.15, -0.1) is 0 Å². The number of hydrogen-bond acceptors (Lipinski definition) is 7. The number of nitrogens with two attached hydrogens (primary N) is 1. The normalized spacial score (nSPS) is 14.2. The Kier molecular flexibility index (Phi) is 5.57. The van der Waals surface area contributed by atoms with Gasteiger partial charge in [-0.05, 0) is 38.1 Å². The van der Waals surface area contributed by atoms with Crippen LogP contribution in [0.3, 0.4) is 0 Å². The number of nitrogens with one attached hydrogen (secondary N) is 2. The summed E-state index contributed by atoms with van der Waals surface area (Å²) in [5.74, 6) is 0.0244. The molecule has 1 aliphatic heterocycles. The molecule has 156 valence electrons. The number of nitrogen functional groups attached to an aromatic ring is 1. The van der Waals surface area contributed by atoms with Crippen LogP contribution in [0.2, 0.25) is 0 Å². The molecule has 4 rings (SSSR count).